The van der Waals surface area contributed by atoms with Crippen molar-refractivity contribution in [1.82, 2.24) is 5.48 Å². The topological polar surface area (TPSA) is 38.3 Å². The molecule has 3 nitrogen and oxygen atoms in total. The highest BCUT2D eigenvalue weighted by Crippen LogP contribution is 2.23. The minimum absolute atomic E-state index is 0.0226. The van der Waals surface area contributed by atoms with Gasteiger partial charge in [0.2, 0.25) is 0 Å². The summed E-state index contributed by atoms with van der Waals surface area (Å²) in [7, 11) is 0. The Bertz CT molecular complexity index is 411. The van der Waals surface area contributed by atoms with Crippen LogP contribution >= 0.6 is 0 Å². The number of hydrogen-bond donors (Lipinski definition) is 1. The Kier molecular flexibility index (Phi) is 4.70. The van der Waals surface area contributed by atoms with Crippen LogP contribution < -0.4 is 10.3 Å². The van der Waals surface area contributed by atoms with Crippen molar-refractivity contribution in [1.29, 1.82) is 0 Å². The maximum Gasteiger partial charge on any atom is 0.163 e. The molecule has 1 aromatic rings. The fourth-order valence-corrected chi connectivity index (χ4v) is 1.44. The predicted octanol–water partition coefficient (Wildman–Crippen LogP) is 3.05. The predicted molar refractivity (Wildman–Crippen MR) is 69.4 cm³/mol. The van der Waals surface area contributed by atoms with Gasteiger partial charge >= 0.3 is 0 Å². The Labute approximate surface area is 103 Å². The van der Waals surface area contributed by atoms with Crippen molar-refractivity contribution >= 4 is 5.78 Å². The van der Waals surface area contributed by atoms with E-state index in [1.165, 1.54) is 0 Å². The van der Waals surface area contributed by atoms with E-state index < -0.39 is 0 Å². The van der Waals surface area contributed by atoms with Crippen LogP contribution in [0.4, 0.5) is 0 Å². The molecule has 0 aliphatic carbocycles. The van der Waals surface area contributed by atoms with Crippen molar-refractivity contribution in [2.45, 2.75) is 34.6 Å². The summed E-state index contributed by atoms with van der Waals surface area (Å²) in [5, 5.41) is 0. The number of hydrogen-bond acceptors (Lipinski definition) is 3. The number of aryl methyl sites for hydroxylation is 2. The van der Waals surface area contributed by atoms with Gasteiger partial charge in [0.15, 0.2) is 11.5 Å². The van der Waals surface area contributed by atoms with E-state index in [-0.39, 0.29) is 5.78 Å². The summed E-state index contributed by atoms with van der Waals surface area (Å²) in [5.41, 5.74) is 5.74. The first-order chi connectivity index (χ1) is 7.91. The van der Waals surface area contributed by atoms with E-state index in [1.807, 2.05) is 26.0 Å². The van der Waals surface area contributed by atoms with Gasteiger partial charge in [-0.2, -0.15) is 5.48 Å². The lowest BCUT2D eigenvalue weighted by Crippen LogP contribution is -2.24. The van der Waals surface area contributed by atoms with Crippen LogP contribution in [0.5, 0.6) is 5.75 Å². The van der Waals surface area contributed by atoms with Gasteiger partial charge in [-0.1, -0.05) is 13.8 Å². The fourth-order valence-electron chi connectivity index (χ4n) is 1.44. The van der Waals surface area contributed by atoms with Crippen molar-refractivity contribution in [3.8, 4) is 5.75 Å². The van der Waals surface area contributed by atoms with Gasteiger partial charge in [-0.15, -0.1) is 0 Å². The second-order valence-corrected chi connectivity index (χ2v) is 4.83. The maximum absolute atomic E-state index is 11.5. The first-order valence-corrected chi connectivity index (χ1v) is 5.93. The molecule has 0 aliphatic heterocycles. The number of benzene rings is 1. The maximum atomic E-state index is 11.5. The number of nitrogens with one attached hydrogen (secondary N) is 1. The van der Waals surface area contributed by atoms with Gasteiger partial charge in [0.1, 0.15) is 0 Å². The average molecular weight is 235 g/mol. The first-order valence-electron chi connectivity index (χ1n) is 5.93. The van der Waals surface area contributed by atoms with Gasteiger partial charge < -0.3 is 4.84 Å². The van der Waals surface area contributed by atoms with Crippen molar-refractivity contribution in [2.75, 3.05) is 6.54 Å². The van der Waals surface area contributed by atoms with Crippen molar-refractivity contribution in [3.05, 3.63) is 28.8 Å². The van der Waals surface area contributed by atoms with E-state index >= 15 is 0 Å². The summed E-state index contributed by atoms with van der Waals surface area (Å²) >= 11 is 0. The third kappa shape index (κ3) is 3.86. The number of rotatable bonds is 5. The minimum atomic E-state index is 0.0226. The third-order valence-electron chi connectivity index (χ3n) is 2.65. The minimum Gasteiger partial charge on any atom is -0.408 e. The number of carbonyl (C=O) groups excluding carboxylic acids is 1. The van der Waals surface area contributed by atoms with Crippen LogP contribution in [-0.4, -0.2) is 12.3 Å². The zero-order valence-corrected chi connectivity index (χ0v) is 11.3. The molecule has 0 saturated carbocycles. The highest BCUT2D eigenvalue weighted by atomic mass is 16.6. The lowest BCUT2D eigenvalue weighted by atomic mass is 10.0. The molecule has 3 heteroatoms. The van der Waals surface area contributed by atoms with Crippen LogP contribution in [0.1, 0.15) is 42.3 Å². The molecule has 17 heavy (non-hydrogen) atoms. The molecule has 1 aromatic carbocycles. The largest absolute Gasteiger partial charge is 0.408 e. The van der Waals surface area contributed by atoms with E-state index in [9.17, 15) is 4.79 Å². The quantitative estimate of drug-likeness (QED) is 0.629. The van der Waals surface area contributed by atoms with Gasteiger partial charge in [0.05, 0.1) is 5.56 Å². The van der Waals surface area contributed by atoms with Crippen LogP contribution in [0.2, 0.25) is 0 Å². The molecular formula is C14H21NO2. The van der Waals surface area contributed by atoms with Gasteiger partial charge in [-0.3, -0.25) is 4.79 Å². The van der Waals surface area contributed by atoms with Crippen LogP contribution in [0.15, 0.2) is 12.1 Å². The van der Waals surface area contributed by atoms with Crippen LogP contribution in [0.3, 0.4) is 0 Å². The Morgan fingerprint density at radius 2 is 1.88 bits per heavy atom. The highest BCUT2D eigenvalue weighted by Gasteiger charge is 2.11. The zero-order valence-electron chi connectivity index (χ0n) is 11.3. The standard InChI is InChI=1S/C14H21NO2/c1-9(2)8-15-17-14-7-11(4)10(3)6-13(14)12(5)16/h6-7,9,15H,8H2,1-5H3. The second-order valence-electron chi connectivity index (χ2n) is 4.83. The molecule has 1 N–H and O–H groups in total. The molecule has 0 bridgehead atoms. The number of hydroxylamine groups is 1. The smallest absolute Gasteiger partial charge is 0.163 e. The average Bonchev–Trinajstić information content (AvgIpc) is 2.22. The molecule has 0 atom stereocenters. The SMILES string of the molecule is CC(=O)c1cc(C)c(C)cc1ONCC(C)C. The molecule has 0 spiro atoms. The lowest BCUT2D eigenvalue weighted by Gasteiger charge is -2.13. The molecular weight excluding hydrogens is 214 g/mol. The van der Waals surface area contributed by atoms with E-state index in [2.05, 4.69) is 19.3 Å². The van der Waals surface area contributed by atoms with Gasteiger partial charge in [0.25, 0.3) is 0 Å². The Morgan fingerprint density at radius 1 is 1.29 bits per heavy atom. The summed E-state index contributed by atoms with van der Waals surface area (Å²) in [6.07, 6.45) is 0. The summed E-state index contributed by atoms with van der Waals surface area (Å²) in [5.74, 6) is 1.14. The summed E-state index contributed by atoms with van der Waals surface area (Å²) in [6, 6.07) is 3.78. The summed E-state index contributed by atoms with van der Waals surface area (Å²) in [4.78, 5) is 17.0. The normalized spacial score (nSPS) is 10.7. The van der Waals surface area contributed by atoms with E-state index in [0.717, 1.165) is 17.7 Å². The van der Waals surface area contributed by atoms with Crippen molar-refractivity contribution in [3.63, 3.8) is 0 Å². The monoisotopic (exact) mass is 235 g/mol. The van der Waals surface area contributed by atoms with E-state index in [4.69, 9.17) is 4.84 Å². The molecule has 1 rings (SSSR count). The second kappa shape index (κ2) is 5.82. The third-order valence-corrected chi connectivity index (χ3v) is 2.65. The van der Waals surface area contributed by atoms with Crippen molar-refractivity contribution < 1.29 is 9.63 Å². The molecule has 0 radical (unpaired) electrons. The number of Topliss-reactive ketones (excluding diaryl/α,β-unsaturated/α-hetero) is 1. The molecule has 0 unspecified atom stereocenters. The Balaban J connectivity index is 2.89. The molecule has 94 valence electrons. The van der Waals surface area contributed by atoms with Crippen LogP contribution in [0, 0.1) is 19.8 Å². The van der Waals surface area contributed by atoms with E-state index in [0.29, 0.717) is 17.2 Å². The lowest BCUT2D eigenvalue weighted by molar-refractivity contribution is 0.100. The zero-order chi connectivity index (χ0) is 13.0. The Hall–Kier alpha value is -1.35. The number of carbonyl (C=O) groups is 1. The van der Waals surface area contributed by atoms with E-state index in [1.54, 1.807) is 6.92 Å². The summed E-state index contributed by atoms with van der Waals surface area (Å²) in [6.45, 7) is 10.5. The molecule has 0 amide bonds. The van der Waals surface area contributed by atoms with Gasteiger partial charge in [-0.25, -0.2) is 0 Å². The van der Waals surface area contributed by atoms with Gasteiger partial charge in [-0.05, 0) is 49.9 Å². The van der Waals surface area contributed by atoms with Crippen LogP contribution in [-0.2, 0) is 0 Å². The van der Waals surface area contributed by atoms with Gasteiger partial charge in [0, 0.05) is 6.54 Å². The summed E-state index contributed by atoms with van der Waals surface area (Å²) < 4.78 is 0. The number of ketones is 1. The molecule has 0 fully saturated rings. The molecule has 0 saturated heterocycles. The van der Waals surface area contributed by atoms with Crippen LogP contribution in [0.25, 0.3) is 0 Å². The molecule has 0 aliphatic rings. The molecule has 0 heterocycles. The first kappa shape index (κ1) is 13.7. The fraction of sp³-hybridized carbons (Fsp3) is 0.500. The Morgan fingerprint density at radius 3 is 2.41 bits per heavy atom. The van der Waals surface area contributed by atoms with Crippen molar-refractivity contribution in [2.24, 2.45) is 5.92 Å². The molecule has 0 aromatic heterocycles. The highest BCUT2D eigenvalue weighted by molar-refractivity contribution is 5.97.